The van der Waals surface area contributed by atoms with Crippen molar-refractivity contribution in [2.75, 3.05) is 5.32 Å². The highest BCUT2D eigenvalue weighted by Gasteiger charge is 2.36. The predicted molar refractivity (Wildman–Crippen MR) is 92.0 cm³/mol. The van der Waals surface area contributed by atoms with Crippen molar-refractivity contribution in [2.24, 2.45) is 0 Å². The number of aryl methyl sites for hydroxylation is 1. The van der Waals surface area contributed by atoms with Crippen molar-refractivity contribution in [3.63, 3.8) is 0 Å². The second kappa shape index (κ2) is 5.03. The van der Waals surface area contributed by atoms with Crippen LogP contribution in [0.1, 0.15) is 54.3 Å². The first kappa shape index (κ1) is 13.5. The van der Waals surface area contributed by atoms with Gasteiger partial charge in [-0.05, 0) is 50.8 Å². The number of fused-ring (bicyclic) bond motifs is 1. The lowest BCUT2D eigenvalue weighted by molar-refractivity contribution is 0.650. The molecule has 0 saturated heterocycles. The fraction of sp³-hybridized carbons (Fsp3) is 0.471. The monoisotopic (exact) mass is 325 g/mol. The first-order chi connectivity index (χ1) is 11.3. The summed E-state index contributed by atoms with van der Waals surface area (Å²) in [5.41, 5.74) is 2.20. The molecule has 0 radical (unpaired) electrons. The highest BCUT2D eigenvalue weighted by atomic mass is 32.1. The van der Waals surface area contributed by atoms with Crippen LogP contribution in [0.4, 0.5) is 5.69 Å². The number of thiazole rings is 1. The van der Waals surface area contributed by atoms with Crippen molar-refractivity contribution >= 4 is 27.2 Å². The van der Waals surface area contributed by atoms with Crippen LogP contribution in [0.2, 0.25) is 0 Å². The normalized spacial score (nSPS) is 17.8. The Morgan fingerprint density at radius 2 is 2.09 bits per heavy atom. The summed E-state index contributed by atoms with van der Waals surface area (Å²) >= 11 is 1.74. The SMILES string of the molecule is Cc1nc2ccc(NCc3nnc(C4CC4)n3C3CC3)cc2s1. The minimum Gasteiger partial charge on any atom is -0.378 e. The van der Waals surface area contributed by atoms with E-state index in [1.807, 2.05) is 0 Å². The van der Waals surface area contributed by atoms with E-state index in [1.165, 1.54) is 36.2 Å². The Balaban J connectivity index is 1.38. The highest BCUT2D eigenvalue weighted by Crippen LogP contribution is 2.44. The van der Waals surface area contributed by atoms with Gasteiger partial charge in [0.15, 0.2) is 5.82 Å². The van der Waals surface area contributed by atoms with E-state index in [0.717, 1.165) is 28.6 Å². The van der Waals surface area contributed by atoms with Crippen molar-refractivity contribution in [3.05, 3.63) is 34.9 Å². The summed E-state index contributed by atoms with van der Waals surface area (Å²) in [6, 6.07) is 7.01. The van der Waals surface area contributed by atoms with Crippen LogP contribution in [0.15, 0.2) is 18.2 Å². The van der Waals surface area contributed by atoms with E-state index in [9.17, 15) is 0 Å². The molecule has 5 nitrogen and oxygen atoms in total. The van der Waals surface area contributed by atoms with Gasteiger partial charge in [0.1, 0.15) is 5.82 Å². The van der Waals surface area contributed by atoms with Crippen LogP contribution < -0.4 is 5.32 Å². The number of benzene rings is 1. The molecule has 0 spiro atoms. The molecular weight excluding hydrogens is 306 g/mol. The van der Waals surface area contributed by atoms with E-state index in [-0.39, 0.29) is 0 Å². The van der Waals surface area contributed by atoms with Crippen molar-refractivity contribution in [1.82, 2.24) is 19.7 Å². The predicted octanol–water partition coefficient (Wildman–Crippen LogP) is 4.02. The van der Waals surface area contributed by atoms with Crippen LogP contribution >= 0.6 is 11.3 Å². The van der Waals surface area contributed by atoms with E-state index in [1.54, 1.807) is 11.3 Å². The summed E-state index contributed by atoms with van der Waals surface area (Å²) in [5, 5.41) is 13.6. The van der Waals surface area contributed by atoms with Crippen LogP contribution in [-0.2, 0) is 6.54 Å². The highest BCUT2D eigenvalue weighted by molar-refractivity contribution is 7.18. The van der Waals surface area contributed by atoms with E-state index >= 15 is 0 Å². The maximum absolute atomic E-state index is 4.51. The van der Waals surface area contributed by atoms with Gasteiger partial charge in [0.25, 0.3) is 0 Å². The molecule has 3 aromatic rings. The zero-order valence-electron chi connectivity index (χ0n) is 13.1. The molecule has 1 aromatic carbocycles. The van der Waals surface area contributed by atoms with Crippen LogP contribution in [0.5, 0.6) is 0 Å². The van der Waals surface area contributed by atoms with Gasteiger partial charge in [-0.2, -0.15) is 0 Å². The molecule has 2 saturated carbocycles. The lowest BCUT2D eigenvalue weighted by atomic mass is 10.3. The largest absolute Gasteiger partial charge is 0.378 e. The quantitative estimate of drug-likeness (QED) is 0.770. The topological polar surface area (TPSA) is 55.6 Å². The lowest BCUT2D eigenvalue weighted by Gasteiger charge is -2.10. The Morgan fingerprint density at radius 3 is 2.87 bits per heavy atom. The third kappa shape index (κ3) is 2.51. The molecule has 0 atom stereocenters. The number of aromatic nitrogens is 4. The number of hydrogen-bond acceptors (Lipinski definition) is 5. The molecule has 0 unspecified atom stereocenters. The molecule has 2 fully saturated rings. The van der Waals surface area contributed by atoms with Crippen LogP contribution in [-0.4, -0.2) is 19.7 Å². The van der Waals surface area contributed by atoms with Crippen molar-refractivity contribution in [2.45, 2.75) is 51.1 Å². The summed E-state index contributed by atoms with van der Waals surface area (Å²) in [7, 11) is 0. The van der Waals surface area contributed by atoms with Crippen LogP contribution in [0.3, 0.4) is 0 Å². The van der Waals surface area contributed by atoms with Gasteiger partial charge in [-0.25, -0.2) is 4.98 Å². The third-order valence-electron chi connectivity index (χ3n) is 4.59. The molecule has 0 aliphatic heterocycles. The maximum Gasteiger partial charge on any atom is 0.152 e. The molecule has 23 heavy (non-hydrogen) atoms. The van der Waals surface area contributed by atoms with Crippen molar-refractivity contribution < 1.29 is 0 Å². The van der Waals surface area contributed by atoms with Gasteiger partial charge in [0.05, 0.1) is 21.8 Å². The molecule has 6 heteroatoms. The summed E-state index contributed by atoms with van der Waals surface area (Å²) in [6.45, 7) is 2.79. The second-order valence-electron chi connectivity index (χ2n) is 6.62. The van der Waals surface area contributed by atoms with Gasteiger partial charge in [0, 0.05) is 17.6 Å². The van der Waals surface area contributed by atoms with Crippen LogP contribution in [0.25, 0.3) is 10.2 Å². The van der Waals surface area contributed by atoms with Gasteiger partial charge in [0.2, 0.25) is 0 Å². The molecule has 118 valence electrons. The van der Waals surface area contributed by atoms with Gasteiger partial charge in [-0.15, -0.1) is 21.5 Å². The number of hydrogen-bond donors (Lipinski definition) is 1. The molecule has 1 N–H and O–H groups in total. The van der Waals surface area contributed by atoms with Crippen molar-refractivity contribution in [3.8, 4) is 0 Å². The average molecular weight is 325 g/mol. The first-order valence-electron chi connectivity index (χ1n) is 8.32. The molecule has 2 aromatic heterocycles. The smallest absolute Gasteiger partial charge is 0.152 e. The number of nitrogens with zero attached hydrogens (tertiary/aromatic N) is 4. The minimum atomic E-state index is 0.643. The van der Waals surface area contributed by atoms with Gasteiger partial charge in [-0.1, -0.05) is 0 Å². The van der Waals surface area contributed by atoms with E-state index in [2.05, 4.69) is 50.2 Å². The van der Waals surface area contributed by atoms with Gasteiger partial charge in [-0.3, -0.25) is 0 Å². The van der Waals surface area contributed by atoms with E-state index in [4.69, 9.17) is 0 Å². The first-order valence-corrected chi connectivity index (χ1v) is 9.14. The Hall–Kier alpha value is -1.95. The van der Waals surface area contributed by atoms with E-state index in [0.29, 0.717) is 12.0 Å². The van der Waals surface area contributed by atoms with Crippen LogP contribution in [0, 0.1) is 6.92 Å². The molecule has 5 rings (SSSR count). The minimum absolute atomic E-state index is 0.643. The molecule has 2 aliphatic carbocycles. The summed E-state index contributed by atoms with van der Waals surface area (Å²) in [4.78, 5) is 4.51. The number of nitrogens with one attached hydrogen (secondary N) is 1. The summed E-state index contributed by atoms with van der Waals surface area (Å²) in [5.74, 6) is 2.96. The number of rotatable bonds is 5. The Morgan fingerprint density at radius 1 is 1.22 bits per heavy atom. The molecule has 2 heterocycles. The lowest BCUT2D eigenvalue weighted by Crippen LogP contribution is -2.09. The summed E-state index contributed by atoms with van der Waals surface area (Å²) < 4.78 is 3.63. The van der Waals surface area contributed by atoms with Gasteiger partial charge >= 0.3 is 0 Å². The standard InChI is InChI=1S/C17H19N5S/c1-10-19-14-7-4-12(8-15(14)23-10)18-9-16-20-21-17(11-2-3-11)22(16)13-5-6-13/h4,7-8,11,13,18H,2-3,5-6,9H2,1H3. The Kier molecular flexibility index (Phi) is 2.95. The van der Waals surface area contributed by atoms with Gasteiger partial charge < -0.3 is 9.88 Å². The third-order valence-corrected chi connectivity index (χ3v) is 5.53. The molecule has 0 bridgehead atoms. The Labute approximate surface area is 138 Å². The fourth-order valence-electron chi connectivity index (χ4n) is 3.14. The van der Waals surface area contributed by atoms with E-state index < -0.39 is 0 Å². The molecule has 0 amide bonds. The Bertz CT molecular complexity index is 872. The second-order valence-corrected chi connectivity index (χ2v) is 7.85. The molecule has 2 aliphatic rings. The maximum atomic E-state index is 4.51. The number of anilines is 1. The summed E-state index contributed by atoms with van der Waals surface area (Å²) in [6.07, 6.45) is 5.10. The zero-order valence-corrected chi connectivity index (χ0v) is 13.9. The fourth-order valence-corrected chi connectivity index (χ4v) is 4.01. The van der Waals surface area contributed by atoms with Crippen molar-refractivity contribution in [1.29, 1.82) is 0 Å². The average Bonchev–Trinajstić information content (AvgIpc) is 3.47. The molecular formula is C17H19N5S. The zero-order chi connectivity index (χ0) is 15.4.